The number of carbonyl (C=O) groups is 1. The van der Waals surface area contributed by atoms with Gasteiger partial charge < -0.3 is 9.53 Å². The molecule has 3 nitrogen and oxygen atoms in total. The molecule has 0 bridgehead atoms. The second-order valence-corrected chi connectivity index (χ2v) is 2.44. The molecule has 1 heterocycles. The molecule has 0 amide bonds. The van der Waals surface area contributed by atoms with Crippen molar-refractivity contribution in [3.63, 3.8) is 0 Å². The number of hydrogen-bond acceptors (Lipinski definition) is 3. The third kappa shape index (κ3) is 4.25. The molecule has 0 aliphatic carbocycles. The van der Waals surface area contributed by atoms with Gasteiger partial charge in [-0.25, -0.2) is 0 Å². The number of aromatic nitrogens is 1. The quantitative estimate of drug-likeness (QED) is 0.715. The van der Waals surface area contributed by atoms with Crippen LogP contribution in [0, 0.1) is 6.92 Å². The number of nitrogens with zero attached hydrogens (tertiary/aromatic N) is 1. The Morgan fingerprint density at radius 3 is 2.77 bits per heavy atom. The fourth-order valence-corrected chi connectivity index (χ4v) is 0.834. The van der Waals surface area contributed by atoms with Crippen LogP contribution in [0.25, 0.3) is 0 Å². The summed E-state index contributed by atoms with van der Waals surface area (Å²) in [5.74, 6) is 0.898. The van der Waals surface area contributed by atoms with Crippen LogP contribution in [-0.2, 0) is 4.79 Å². The number of aryl methyl sites for hydroxylation is 1. The highest BCUT2D eigenvalue weighted by atomic mass is 16.5. The number of rotatable bonds is 3. The maximum atomic E-state index is 8.00. The molecule has 3 heteroatoms. The first-order valence-corrected chi connectivity index (χ1v) is 4.18. The largest absolute Gasteiger partial charge is 0.492 e. The van der Waals surface area contributed by atoms with Crippen LogP contribution in [0.3, 0.4) is 0 Å². The van der Waals surface area contributed by atoms with Crippen molar-refractivity contribution in [2.24, 2.45) is 0 Å². The van der Waals surface area contributed by atoms with Crippen LogP contribution in [-0.4, -0.2) is 18.4 Å². The predicted molar refractivity (Wildman–Crippen MR) is 51.9 cm³/mol. The van der Waals surface area contributed by atoms with Gasteiger partial charge in [-0.15, -0.1) is 0 Å². The van der Waals surface area contributed by atoms with Crippen molar-refractivity contribution >= 4 is 6.79 Å². The van der Waals surface area contributed by atoms with E-state index in [2.05, 4.69) is 11.9 Å². The number of ether oxygens (including phenoxy) is 1. The smallest absolute Gasteiger partial charge is 0.140 e. The molecule has 0 fully saturated rings. The molecule has 72 valence electrons. The number of hydrogen-bond donors (Lipinski definition) is 0. The normalized spacial score (nSPS) is 8.46. The van der Waals surface area contributed by atoms with Crippen molar-refractivity contribution in [1.82, 2.24) is 4.98 Å². The molecule has 0 atom stereocenters. The second-order valence-electron chi connectivity index (χ2n) is 2.44. The molecule has 1 aromatic rings. The van der Waals surface area contributed by atoms with Crippen LogP contribution in [0.1, 0.15) is 19.0 Å². The summed E-state index contributed by atoms with van der Waals surface area (Å²) in [7, 11) is 0. The molecule has 0 unspecified atom stereocenters. The van der Waals surface area contributed by atoms with E-state index in [4.69, 9.17) is 9.53 Å². The van der Waals surface area contributed by atoms with E-state index in [0.717, 1.165) is 24.5 Å². The maximum absolute atomic E-state index is 8.00. The summed E-state index contributed by atoms with van der Waals surface area (Å²) in [4.78, 5) is 12.1. The van der Waals surface area contributed by atoms with Crippen LogP contribution in [0.4, 0.5) is 0 Å². The first kappa shape index (κ1) is 11.6. The predicted octanol–water partition coefficient (Wildman–Crippen LogP) is 1.99. The zero-order valence-corrected chi connectivity index (χ0v) is 8.12. The highest BCUT2D eigenvalue weighted by molar-refractivity contribution is 5.25. The summed E-state index contributed by atoms with van der Waals surface area (Å²) in [5, 5.41) is 0. The minimum atomic E-state index is 0.770. The van der Waals surface area contributed by atoms with Gasteiger partial charge in [-0.2, -0.15) is 0 Å². The van der Waals surface area contributed by atoms with Crippen molar-refractivity contribution in [2.45, 2.75) is 20.3 Å². The zero-order chi connectivity index (χ0) is 10.1. The molecule has 1 aromatic heterocycles. The molecular weight excluding hydrogens is 166 g/mol. The van der Waals surface area contributed by atoms with E-state index >= 15 is 0 Å². The van der Waals surface area contributed by atoms with Crippen LogP contribution < -0.4 is 4.74 Å². The van der Waals surface area contributed by atoms with Gasteiger partial charge in [-0.1, -0.05) is 6.92 Å². The second kappa shape index (κ2) is 7.28. The molecule has 0 N–H and O–H groups in total. The van der Waals surface area contributed by atoms with Gasteiger partial charge in [-0.05, 0) is 25.5 Å². The summed E-state index contributed by atoms with van der Waals surface area (Å²) < 4.78 is 5.42. The van der Waals surface area contributed by atoms with Crippen molar-refractivity contribution in [2.75, 3.05) is 6.61 Å². The minimum Gasteiger partial charge on any atom is -0.492 e. The van der Waals surface area contributed by atoms with Gasteiger partial charge in [0.1, 0.15) is 12.5 Å². The number of carbonyl (C=O) groups excluding carboxylic acids is 1. The van der Waals surface area contributed by atoms with Crippen LogP contribution in [0.2, 0.25) is 0 Å². The maximum Gasteiger partial charge on any atom is 0.140 e. The van der Waals surface area contributed by atoms with E-state index in [1.165, 1.54) is 0 Å². The average Bonchev–Trinajstić information content (AvgIpc) is 2.20. The minimum absolute atomic E-state index is 0.770. The van der Waals surface area contributed by atoms with Crippen molar-refractivity contribution in [3.05, 3.63) is 24.0 Å². The Morgan fingerprint density at radius 1 is 1.54 bits per heavy atom. The van der Waals surface area contributed by atoms with E-state index in [9.17, 15) is 0 Å². The number of pyridine rings is 1. The Balaban J connectivity index is 0.000000671. The van der Waals surface area contributed by atoms with E-state index in [1.807, 2.05) is 25.8 Å². The molecule has 1 rings (SSSR count). The Labute approximate surface area is 78.8 Å². The van der Waals surface area contributed by atoms with E-state index < -0.39 is 0 Å². The molecular formula is C10H15NO2. The Kier molecular flexibility index (Phi) is 6.51. The van der Waals surface area contributed by atoms with E-state index in [0.29, 0.717) is 0 Å². The van der Waals surface area contributed by atoms with Gasteiger partial charge in [-0.3, -0.25) is 4.98 Å². The topological polar surface area (TPSA) is 39.2 Å². The zero-order valence-electron chi connectivity index (χ0n) is 8.12. The third-order valence-corrected chi connectivity index (χ3v) is 1.42. The highest BCUT2D eigenvalue weighted by Gasteiger charge is 1.95. The Morgan fingerprint density at radius 2 is 2.23 bits per heavy atom. The standard InChI is InChI=1S/C9H13NO.CH2O/c1-3-7-11-9-5-4-6-10-8(9)2;1-2/h4-6H,3,7H2,1-2H3;1H2. The summed E-state index contributed by atoms with van der Waals surface area (Å²) in [5.41, 5.74) is 0.959. The first-order chi connectivity index (χ1) is 6.34. The monoisotopic (exact) mass is 181 g/mol. The van der Waals surface area contributed by atoms with Gasteiger partial charge in [0.2, 0.25) is 0 Å². The van der Waals surface area contributed by atoms with Crippen LogP contribution in [0.5, 0.6) is 5.75 Å². The van der Waals surface area contributed by atoms with Crippen molar-refractivity contribution in [3.8, 4) is 5.75 Å². The molecule has 0 aliphatic rings. The summed E-state index contributed by atoms with van der Waals surface area (Å²) >= 11 is 0. The Hall–Kier alpha value is -1.38. The molecule has 0 spiro atoms. The van der Waals surface area contributed by atoms with Gasteiger partial charge >= 0.3 is 0 Å². The highest BCUT2D eigenvalue weighted by Crippen LogP contribution is 2.13. The lowest BCUT2D eigenvalue weighted by Crippen LogP contribution is -1.97. The van der Waals surface area contributed by atoms with Crippen LogP contribution in [0.15, 0.2) is 18.3 Å². The first-order valence-electron chi connectivity index (χ1n) is 4.18. The van der Waals surface area contributed by atoms with Crippen molar-refractivity contribution < 1.29 is 9.53 Å². The third-order valence-electron chi connectivity index (χ3n) is 1.42. The molecule has 0 aromatic carbocycles. The molecule has 0 saturated heterocycles. The molecule has 0 aliphatic heterocycles. The summed E-state index contributed by atoms with van der Waals surface area (Å²) in [6, 6.07) is 3.83. The molecule has 13 heavy (non-hydrogen) atoms. The fourth-order valence-electron chi connectivity index (χ4n) is 0.834. The molecule has 0 saturated carbocycles. The van der Waals surface area contributed by atoms with Gasteiger partial charge in [0.15, 0.2) is 0 Å². The van der Waals surface area contributed by atoms with E-state index in [1.54, 1.807) is 6.20 Å². The molecule has 0 radical (unpaired) electrons. The van der Waals surface area contributed by atoms with Gasteiger partial charge in [0.05, 0.1) is 12.3 Å². The summed E-state index contributed by atoms with van der Waals surface area (Å²) in [6.45, 7) is 6.81. The SMILES string of the molecule is C=O.CCCOc1cccnc1C. The average molecular weight is 181 g/mol. The lowest BCUT2D eigenvalue weighted by Gasteiger charge is -2.05. The van der Waals surface area contributed by atoms with Gasteiger partial charge in [0, 0.05) is 6.20 Å². The lowest BCUT2D eigenvalue weighted by atomic mass is 10.3. The van der Waals surface area contributed by atoms with Crippen LogP contribution >= 0.6 is 0 Å². The Bertz CT molecular complexity index is 238. The van der Waals surface area contributed by atoms with E-state index in [-0.39, 0.29) is 0 Å². The van der Waals surface area contributed by atoms with Crippen molar-refractivity contribution in [1.29, 1.82) is 0 Å². The van der Waals surface area contributed by atoms with Gasteiger partial charge in [0.25, 0.3) is 0 Å². The summed E-state index contributed by atoms with van der Waals surface area (Å²) in [6.07, 6.45) is 2.81. The fraction of sp³-hybridized carbons (Fsp3) is 0.400. The lowest BCUT2D eigenvalue weighted by molar-refractivity contribution is -0.0979.